The van der Waals surface area contributed by atoms with E-state index in [1.807, 2.05) is 60.7 Å². The van der Waals surface area contributed by atoms with Crippen molar-refractivity contribution >= 4 is 38.6 Å². The Morgan fingerprint density at radius 2 is 0.941 bits per heavy atom. The van der Waals surface area contributed by atoms with Crippen molar-refractivity contribution in [3.8, 4) is 56.4 Å². The van der Waals surface area contributed by atoms with E-state index in [1.165, 1.54) is 44.1 Å². The molecule has 4 heteroatoms. The zero-order valence-corrected chi connectivity index (χ0v) is 27.6. The summed E-state index contributed by atoms with van der Waals surface area (Å²) in [5.41, 5.74) is 11.0. The smallest absolute Gasteiger partial charge is 0.164 e. The van der Waals surface area contributed by atoms with Gasteiger partial charge in [-0.3, -0.25) is 0 Å². The molecule has 0 bridgehead atoms. The van der Waals surface area contributed by atoms with E-state index in [4.69, 9.17) is 15.0 Å². The summed E-state index contributed by atoms with van der Waals surface area (Å²) in [6, 6.07) is 64.0. The molecule has 4 nitrogen and oxygen atoms in total. The number of rotatable bonds is 5. The minimum Gasteiger partial charge on any atom is -0.309 e. The predicted molar refractivity (Wildman–Crippen MR) is 210 cm³/mol. The van der Waals surface area contributed by atoms with Crippen LogP contribution in [0.1, 0.15) is 0 Å². The van der Waals surface area contributed by atoms with E-state index in [1.54, 1.807) is 0 Å². The Balaban J connectivity index is 1.24. The van der Waals surface area contributed by atoms with Crippen LogP contribution in [0.25, 0.3) is 78.0 Å². The SMILES string of the molecule is c1ccc(-c2nc(-c3ccccc3)nc(-c3ccc4c5c(cccc35)-c3cccc(-c5ccc6ccccc6c5)c3N4c3ccccc3)n2)cc1. The van der Waals surface area contributed by atoms with Gasteiger partial charge in [-0.25, -0.2) is 15.0 Å². The molecule has 1 aliphatic heterocycles. The van der Waals surface area contributed by atoms with E-state index >= 15 is 0 Å². The number of benzene rings is 8. The maximum Gasteiger partial charge on any atom is 0.164 e. The lowest BCUT2D eigenvalue weighted by molar-refractivity contribution is 1.08. The topological polar surface area (TPSA) is 41.9 Å². The summed E-state index contributed by atoms with van der Waals surface area (Å²) in [6.45, 7) is 0. The van der Waals surface area contributed by atoms with Crippen molar-refractivity contribution in [1.29, 1.82) is 0 Å². The molecule has 9 aromatic rings. The summed E-state index contributed by atoms with van der Waals surface area (Å²) >= 11 is 0. The van der Waals surface area contributed by atoms with Crippen LogP contribution in [-0.4, -0.2) is 15.0 Å². The molecule has 0 N–H and O–H groups in total. The van der Waals surface area contributed by atoms with Gasteiger partial charge in [-0.2, -0.15) is 0 Å². The quantitative estimate of drug-likeness (QED) is 0.186. The van der Waals surface area contributed by atoms with Gasteiger partial charge in [0, 0.05) is 38.9 Å². The van der Waals surface area contributed by atoms with Gasteiger partial charge in [0.05, 0.1) is 11.4 Å². The molecule has 0 aliphatic carbocycles. The van der Waals surface area contributed by atoms with Crippen LogP contribution in [-0.2, 0) is 0 Å². The van der Waals surface area contributed by atoms with Crippen LogP contribution in [0.5, 0.6) is 0 Å². The Morgan fingerprint density at radius 1 is 0.353 bits per heavy atom. The molecule has 0 radical (unpaired) electrons. The fourth-order valence-corrected chi connectivity index (χ4v) is 7.48. The molecule has 0 saturated heterocycles. The average Bonchev–Trinajstić information content (AvgIpc) is 3.21. The van der Waals surface area contributed by atoms with Crippen LogP contribution in [0.3, 0.4) is 0 Å². The second-order valence-electron chi connectivity index (χ2n) is 12.8. The van der Waals surface area contributed by atoms with E-state index in [9.17, 15) is 0 Å². The second-order valence-corrected chi connectivity index (χ2v) is 12.8. The van der Waals surface area contributed by atoms with Gasteiger partial charge < -0.3 is 4.90 Å². The van der Waals surface area contributed by atoms with Crippen molar-refractivity contribution in [2.45, 2.75) is 0 Å². The van der Waals surface area contributed by atoms with Crippen LogP contribution < -0.4 is 4.90 Å². The van der Waals surface area contributed by atoms with Gasteiger partial charge in [0.15, 0.2) is 17.5 Å². The van der Waals surface area contributed by atoms with E-state index in [-0.39, 0.29) is 0 Å². The van der Waals surface area contributed by atoms with E-state index in [2.05, 4.69) is 126 Å². The second kappa shape index (κ2) is 11.9. The number of para-hydroxylation sites is 2. The third kappa shape index (κ3) is 4.88. The summed E-state index contributed by atoms with van der Waals surface area (Å²) in [6.07, 6.45) is 0. The highest BCUT2D eigenvalue weighted by Crippen LogP contribution is 2.55. The third-order valence-electron chi connectivity index (χ3n) is 9.82. The molecule has 8 aromatic carbocycles. The lowest BCUT2D eigenvalue weighted by Gasteiger charge is -2.35. The molecule has 0 saturated carbocycles. The van der Waals surface area contributed by atoms with Gasteiger partial charge in [-0.05, 0) is 57.6 Å². The zero-order valence-electron chi connectivity index (χ0n) is 27.6. The Morgan fingerprint density at radius 3 is 1.67 bits per heavy atom. The molecule has 0 fully saturated rings. The molecule has 0 unspecified atom stereocenters. The molecule has 238 valence electrons. The van der Waals surface area contributed by atoms with Crippen molar-refractivity contribution in [1.82, 2.24) is 15.0 Å². The van der Waals surface area contributed by atoms with E-state index in [0.29, 0.717) is 17.5 Å². The van der Waals surface area contributed by atoms with Gasteiger partial charge in [-0.1, -0.05) is 152 Å². The predicted octanol–water partition coefficient (Wildman–Crippen LogP) is 12.3. The Kier molecular flexibility index (Phi) is 6.78. The number of hydrogen-bond donors (Lipinski definition) is 0. The first kappa shape index (κ1) is 29.0. The van der Waals surface area contributed by atoms with Gasteiger partial charge in [0.25, 0.3) is 0 Å². The normalized spacial score (nSPS) is 11.9. The van der Waals surface area contributed by atoms with Gasteiger partial charge in [0.2, 0.25) is 0 Å². The third-order valence-corrected chi connectivity index (χ3v) is 9.82. The molecular weight excluding hydrogens is 621 g/mol. The molecule has 1 aliphatic rings. The monoisotopic (exact) mass is 650 g/mol. The summed E-state index contributed by atoms with van der Waals surface area (Å²) in [7, 11) is 0. The maximum atomic E-state index is 5.12. The Labute approximate surface area is 296 Å². The molecule has 51 heavy (non-hydrogen) atoms. The first-order valence-corrected chi connectivity index (χ1v) is 17.2. The van der Waals surface area contributed by atoms with E-state index < -0.39 is 0 Å². The molecular formula is C47H30N4. The van der Waals surface area contributed by atoms with Crippen LogP contribution in [0.2, 0.25) is 0 Å². The highest BCUT2D eigenvalue weighted by atomic mass is 15.2. The van der Waals surface area contributed by atoms with Gasteiger partial charge in [0.1, 0.15) is 0 Å². The number of hydrogen-bond acceptors (Lipinski definition) is 4. The molecule has 10 rings (SSSR count). The molecule has 0 amide bonds. The van der Waals surface area contributed by atoms with Crippen LogP contribution >= 0.6 is 0 Å². The van der Waals surface area contributed by atoms with E-state index in [0.717, 1.165) is 33.5 Å². The minimum atomic E-state index is 0.647. The Bertz CT molecular complexity index is 2680. The zero-order chi connectivity index (χ0) is 33.7. The van der Waals surface area contributed by atoms with Crippen LogP contribution in [0.15, 0.2) is 182 Å². The number of nitrogens with zero attached hydrogens (tertiary/aromatic N) is 4. The highest BCUT2D eigenvalue weighted by molar-refractivity contribution is 6.19. The van der Waals surface area contributed by atoms with Crippen molar-refractivity contribution in [2.75, 3.05) is 4.90 Å². The fourth-order valence-electron chi connectivity index (χ4n) is 7.48. The fraction of sp³-hybridized carbons (Fsp3) is 0. The summed E-state index contributed by atoms with van der Waals surface area (Å²) in [5, 5.41) is 4.73. The van der Waals surface area contributed by atoms with Crippen molar-refractivity contribution in [2.24, 2.45) is 0 Å². The Hall–Kier alpha value is -6.91. The number of anilines is 3. The maximum absolute atomic E-state index is 5.12. The molecule has 2 heterocycles. The van der Waals surface area contributed by atoms with Gasteiger partial charge in [-0.15, -0.1) is 0 Å². The van der Waals surface area contributed by atoms with Crippen LogP contribution in [0, 0.1) is 0 Å². The van der Waals surface area contributed by atoms with Crippen molar-refractivity contribution < 1.29 is 0 Å². The first-order valence-electron chi connectivity index (χ1n) is 17.2. The largest absolute Gasteiger partial charge is 0.309 e. The van der Waals surface area contributed by atoms with Crippen molar-refractivity contribution in [3.63, 3.8) is 0 Å². The summed E-state index contributed by atoms with van der Waals surface area (Å²) < 4.78 is 0. The molecule has 0 atom stereocenters. The lowest BCUT2D eigenvalue weighted by Crippen LogP contribution is -2.16. The molecule has 0 spiro atoms. The standard InChI is InChI=1S/C47H30N4/c1-4-15-32(16-5-1)45-48-46(33-17-6-2-7-18-33)50-47(49-45)41-28-29-42-43-38(23-13-24-39(41)43)40-25-12-22-37(44(40)51(42)36-20-8-3-9-21-36)35-27-26-31-14-10-11-19-34(31)30-35/h1-30H. The average molecular weight is 651 g/mol. The van der Waals surface area contributed by atoms with Gasteiger partial charge >= 0.3 is 0 Å². The summed E-state index contributed by atoms with van der Waals surface area (Å²) in [4.78, 5) is 17.6. The number of aromatic nitrogens is 3. The minimum absolute atomic E-state index is 0.647. The van der Waals surface area contributed by atoms with Crippen molar-refractivity contribution in [3.05, 3.63) is 182 Å². The first-order chi connectivity index (χ1) is 25.3. The van der Waals surface area contributed by atoms with Crippen LogP contribution in [0.4, 0.5) is 17.1 Å². The summed E-state index contributed by atoms with van der Waals surface area (Å²) in [5.74, 6) is 1.95. The highest BCUT2D eigenvalue weighted by Gasteiger charge is 2.30. The number of fused-ring (bicyclic) bond motifs is 3. The molecule has 1 aromatic heterocycles. The lowest BCUT2D eigenvalue weighted by atomic mass is 9.86.